The summed E-state index contributed by atoms with van der Waals surface area (Å²) in [6, 6.07) is 13.5. The molecule has 0 fully saturated rings. The summed E-state index contributed by atoms with van der Waals surface area (Å²) in [5, 5.41) is 10.3. The third-order valence-electron chi connectivity index (χ3n) is 3.50. The van der Waals surface area contributed by atoms with E-state index >= 15 is 0 Å². The van der Waals surface area contributed by atoms with Gasteiger partial charge in [0.25, 0.3) is 0 Å². The van der Waals surface area contributed by atoms with E-state index in [2.05, 4.69) is 15.9 Å². The Kier molecular flexibility index (Phi) is 3.68. The van der Waals surface area contributed by atoms with Crippen molar-refractivity contribution in [3.8, 4) is 11.5 Å². The van der Waals surface area contributed by atoms with Gasteiger partial charge in [0.05, 0.1) is 13.2 Å². The first-order valence-corrected chi connectivity index (χ1v) is 7.25. The van der Waals surface area contributed by atoms with Crippen LogP contribution in [0.4, 0.5) is 0 Å². The molecule has 1 heterocycles. The monoisotopic (exact) mass is 334 g/mol. The Labute approximate surface area is 126 Å². The second-order valence-electron chi connectivity index (χ2n) is 4.82. The van der Waals surface area contributed by atoms with Crippen molar-refractivity contribution in [1.82, 2.24) is 0 Å². The molecule has 0 radical (unpaired) electrons. The summed E-state index contributed by atoms with van der Waals surface area (Å²) in [5.74, 6) is 1.53. The van der Waals surface area contributed by atoms with Crippen LogP contribution in [0.15, 0.2) is 46.9 Å². The van der Waals surface area contributed by atoms with Crippen LogP contribution in [0, 0.1) is 0 Å². The third kappa shape index (κ3) is 2.53. The minimum Gasteiger partial charge on any atom is -0.497 e. The Morgan fingerprint density at radius 1 is 1.25 bits per heavy atom. The van der Waals surface area contributed by atoms with Crippen molar-refractivity contribution in [2.45, 2.75) is 18.6 Å². The molecule has 0 amide bonds. The zero-order valence-electron chi connectivity index (χ0n) is 11.0. The highest BCUT2D eigenvalue weighted by atomic mass is 79.9. The lowest BCUT2D eigenvalue weighted by Gasteiger charge is -2.30. The zero-order valence-corrected chi connectivity index (χ0v) is 12.6. The molecule has 4 heteroatoms. The number of aliphatic hydroxyl groups excluding tert-OH is 1. The predicted octanol–water partition coefficient (Wildman–Crippen LogP) is 4.01. The highest BCUT2D eigenvalue weighted by molar-refractivity contribution is 9.10. The number of fused-ring (bicyclic) bond motifs is 1. The van der Waals surface area contributed by atoms with Gasteiger partial charge in [0.2, 0.25) is 0 Å². The van der Waals surface area contributed by atoms with E-state index in [0.29, 0.717) is 6.42 Å². The molecule has 104 valence electrons. The van der Waals surface area contributed by atoms with E-state index in [1.807, 2.05) is 42.5 Å². The Morgan fingerprint density at radius 2 is 2.10 bits per heavy atom. The van der Waals surface area contributed by atoms with Gasteiger partial charge < -0.3 is 14.6 Å². The van der Waals surface area contributed by atoms with Crippen LogP contribution >= 0.6 is 15.9 Å². The largest absolute Gasteiger partial charge is 0.497 e. The van der Waals surface area contributed by atoms with Crippen molar-refractivity contribution >= 4 is 15.9 Å². The lowest BCUT2D eigenvalue weighted by atomic mass is 9.95. The molecular weight excluding hydrogens is 320 g/mol. The molecular formula is C16H15BrO3. The normalized spacial score (nSPS) is 20.9. The van der Waals surface area contributed by atoms with Crippen molar-refractivity contribution in [3.05, 3.63) is 58.1 Å². The zero-order chi connectivity index (χ0) is 14.1. The molecule has 0 spiro atoms. The summed E-state index contributed by atoms with van der Waals surface area (Å²) in [6.07, 6.45) is -0.141. The number of ether oxygens (including phenoxy) is 2. The van der Waals surface area contributed by atoms with Gasteiger partial charge in [0.1, 0.15) is 17.6 Å². The van der Waals surface area contributed by atoms with E-state index in [1.165, 1.54) is 0 Å². The van der Waals surface area contributed by atoms with Gasteiger partial charge >= 0.3 is 0 Å². The van der Waals surface area contributed by atoms with Gasteiger partial charge in [-0.1, -0.05) is 28.1 Å². The van der Waals surface area contributed by atoms with Gasteiger partial charge in [-0.15, -0.1) is 0 Å². The fraction of sp³-hybridized carbons (Fsp3) is 0.250. The number of rotatable bonds is 2. The SMILES string of the molecule is COc1cccc(C2CC(O)c3cc(Br)ccc3O2)c1. The van der Waals surface area contributed by atoms with Gasteiger partial charge in [0.15, 0.2) is 0 Å². The first kappa shape index (κ1) is 13.5. The van der Waals surface area contributed by atoms with Crippen molar-refractivity contribution in [3.63, 3.8) is 0 Å². The van der Waals surface area contributed by atoms with Crippen LogP contribution < -0.4 is 9.47 Å². The standard InChI is InChI=1S/C16H15BrO3/c1-19-12-4-2-3-10(7-12)16-9-14(18)13-8-11(17)5-6-15(13)20-16/h2-8,14,16,18H,9H2,1H3. The molecule has 1 aliphatic rings. The van der Waals surface area contributed by atoms with Crippen LogP contribution in [0.1, 0.15) is 29.8 Å². The lowest BCUT2D eigenvalue weighted by molar-refractivity contribution is 0.0656. The maximum Gasteiger partial charge on any atom is 0.127 e. The third-order valence-corrected chi connectivity index (χ3v) is 4.00. The molecule has 2 aromatic rings. The summed E-state index contributed by atoms with van der Waals surface area (Å²) in [4.78, 5) is 0. The number of aliphatic hydroxyl groups is 1. The number of hydrogen-bond donors (Lipinski definition) is 1. The average Bonchev–Trinajstić information content (AvgIpc) is 2.48. The number of hydrogen-bond acceptors (Lipinski definition) is 3. The number of halogens is 1. The number of methoxy groups -OCH3 is 1. The lowest BCUT2D eigenvalue weighted by Crippen LogP contribution is -2.19. The fourth-order valence-electron chi connectivity index (χ4n) is 2.46. The van der Waals surface area contributed by atoms with Crippen LogP contribution in [0.5, 0.6) is 11.5 Å². The van der Waals surface area contributed by atoms with Gasteiger partial charge in [-0.3, -0.25) is 0 Å². The van der Waals surface area contributed by atoms with Crippen molar-refractivity contribution in [2.75, 3.05) is 7.11 Å². The molecule has 0 aliphatic carbocycles. The molecule has 0 saturated heterocycles. The van der Waals surface area contributed by atoms with Crippen LogP contribution in [-0.4, -0.2) is 12.2 Å². The van der Waals surface area contributed by atoms with Crippen molar-refractivity contribution in [1.29, 1.82) is 0 Å². The fourth-order valence-corrected chi connectivity index (χ4v) is 2.84. The van der Waals surface area contributed by atoms with E-state index in [0.717, 1.165) is 27.1 Å². The minimum absolute atomic E-state index is 0.159. The maximum absolute atomic E-state index is 10.3. The molecule has 1 aliphatic heterocycles. The van der Waals surface area contributed by atoms with Gasteiger partial charge in [-0.25, -0.2) is 0 Å². The molecule has 0 bridgehead atoms. The van der Waals surface area contributed by atoms with Gasteiger partial charge in [-0.05, 0) is 35.9 Å². The minimum atomic E-state index is -0.521. The van der Waals surface area contributed by atoms with Crippen molar-refractivity contribution in [2.24, 2.45) is 0 Å². The smallest absolute Gasteiger partial charge is 0.127 e. The molecule has 2 unspecified atom stereocenters. The Bertz CT molecular complexity index is 627. The molecule has 3 nitrogen and oxygen atoms in total. The summed E-state index contributed by atoms with van der Waals surface area (Å²) >= 11 is 3.41. The molecule has 2 atom stereocenters. The molecule has 20 heavy (non-hydrogen) atoms. The molecule has 1 N–H and O–H groups in total. The Balaban J connectivity index is 1.92. The van der Waals surface area contributed by atoms with E-state index < -0.39 is 6.10 Å². The maximum atomic E-state index is 10.3. The summed E-state index contributed by atoms with van der Waals surface area (Å²) < 4.78 is 12.2. The second-order valence-corrected chi connectivity index (χ2v) is 5.73. The number of benzene rings is 2. The highest BCUT2D eigenvalue weighted by Crippen LogP contribution is 2.42. The van der Waals surface area contributed by atoms with Crippen LogP contribution in [0.2, 0.25) is 0 Å². The molecule has 0 saturated carbocycles. The van der Waals surface area contributed by atoms with Crippen LogP contribution in [-0.2, 0) is 0 Å². The van der Waals surface area contributed by atoms with E-state index in [-0.39, 0.29) is 6.10 Å². The molecule has 2 aromatic carbocycles. The van der Waals surface area contributed by atoms with E-state index in [1.54, 1.807) is 7.11 Å². The predicted molar refractivity (Wildman–Crippen MR) is 80.1 cm³/mol. The molecule has 3 rings (SSSR count). The van der Waals surface area contributed by atoms with Gasteiger partial charge in [-0.2, -0.15) is 0 Å². The second kappa shape index (κ2) is 5.46. The van der Waals surface area contributed by atoms with E-state index in [4.69, 9.17) is 9.47 Å². The first-order valence-electron chi connectivity index (χ1n) is 6.45. The summed E-state index contributed by atoms with van der Waals surface area (Å²) in [5.41, 5.74) is 1.84. The molecule has 0 aromatic heterocycles. The highest BCUT2D eigenvalue weighted by Gasteiger charge is 2.28. The van der Waals surface area contributed by atoms with Crippen LogP contribution in [0.3, 0.4) is 0 Å². The topological polar surface area (TPSA) is 38.7 Å². The summed E-state index contributed by atoms with van der Waals surface area (Å²) in [6.45, 7) is 0. The first-order chi connectivity index (χ1) is 9.67. The Morgan fingerprint density at radius 3 is 2.90 bits per heavy atom. The average molecular weight is 335 g/mol. The Hall–Kier alpha value is -1.52. The quantitative estimate of drug-likeness (QED) is 0.901. The van der Waals surface area contributed by atoms with Crippen LogP contribution in [0.25, 0.3) is 0 Å². The summed E-state index contributed by atoms with van der Waals surface area (Å²) in [7, 11) is 1.64. The van der Waals surface area contributed by atoms with E-state index in [9.17, 15) is 5.11 Å². The van der Waals surface area contributed by atoms with Crippen molar-refractivity contribution < 1.29 is 14.6 Å². The van der Waals surface area contributed by atoms with Gasteiger partial charge in [0, 0.05) is 16.5 Å².